The minimum Gasteiger partial charge on any atom is -0.470 e. The Labute approximate surface area is 227 Å². The van der Waals surface area contributed by atoms with Gasteiger partial charge in [0.1, 0.15) is 30.5 Å². The van der Waals surface area contributed by atoms with Gasteiger partial charge in [-0.1, -0.05) is 27.4 Å². The van der Waals surface area contributed by atoms with E-state index in [1.54, 1.807) is 13.8 Å². The summed E-state index contributed by atoms with van der Waals surface area (Å²) in [4.78, 5) is 24.9. The number of carbonyl (C=O) groups excluding carboxylic acids is 2. The third-order valence-corrected chi connectivity index (χ3v) is 8.52. The van der Waals surface area contributed by atoms with E-state index in [1.165, 1.54) is 13.4 Å². The van der Waals surface area contributed by atoms with Gasteiger partial charge in [-0.05, 0) is 37.2 Å². The molecule has 0 amide bonds. The summed E-state index contributed by atoms with van der Waals surface area (Å²) in [6.07, 6.45) is -7.73. The van der Waals surface area contributed by atoms with E-state index in [0.717, 1.165) is 0 Å². The standard InChI is InChI=1S/C27H42O12/c1-12(2)19(29)25(35)39-17-7-6-14(11-37-26-23(33)22(32)21(31)16(10-28)38-26)18-20(30)15(8-9-27(17,18)4)13(3)24(34)36-5/h11-12,15-23,26,28-33H,3,6-10H2,1-2,4-5H3/b14-11+/t15-,16+,17+,18+,19+,20-,21+,22+,23+,26+,27-/m0/s1. The van der Waals surface area contributed by atoms with Crippen molar-refractivity contribution in [3.63, 3.8) is 0 Å². The zero-order valence-electron chi connectivity index (χ0n) is 22.8. The van der Waals surface area contributed by atoms with Crippen molar-refractivity contribution in [3.05, 3.63) is 24.0 Å². The third kappa shape index (κ3) is 6.17. The van der Waals surface area contributed by atoms with E-state index in [2.05, 4.69) is 6.58 Å². The normalized spacial score (nSPS) is 40.5. The number of aliphatic hydroxyl groups is 6. The highest BCUT2D eigenvalue weighted by Gasteiger charge is 2.56. The summed E-state index contributed by atoms with van der Waals surface area (Å²) in [6.45, 7) is 8.46. The molecule has 11 atom stereocenters. The molecular formula is C27H42O12. The van der Waals surface area contributed by atoms with Crippen LogP contribution in [0.25, 0.3) is 0 Å². The summed E-state index contributed by atoms with van der Waals surface area (Å²) >= 11 is 0. The summed E-state index contributed by atoms with van der Waals surface area (Å²) in [7, 11) is 1.22. The summed E-state index contributed by atoms with van der Waals surface area (Å²) in [5.41, 5.74) is -0.127. The Morgan fingerprint density at radius 1 is 1.13 bits per heavy atom. The molecule has 0 aromatic heterocycles. The van der Waals surface area contributed by atoms with E-state index >= 15 is 0 Å². The van der Waals surface area contributed by atoms with Gasteiger partial charge >= 0.3 is 11.9 Å². The first-order chi connectivity index (χ1) is 18.3. The summed E-state index contributed by atoms with van der Waals surface area (Å²) in [5.74, 6) is -3.09. The molecule has 3 fully saturated rings. The molecule has 0 bridgehead atoms. The Kier molecular flexibility index (Phi) is 10.2. The molecular weight excluding hydrogens is 516 g/mol. The van der Waals surface area contributed by atoms with Crippen molar-refractivity contribution in [3.8, 4) is 0 Å². The fourth-order valence-corrected chi connectivity index (χ4v) is 6.01. The molecule has 0 aromatic rings. The van der Waals surface area contributed by atoms with Gasteiger partial charge in [-0.15, -0.1) is 0 Å². The van der Waals surface area contributed by atoms with Crippen molar-refractivity contribution in [2.75, 3.05) is 13.7 Å². The second kappa shape index (κ2) is 12.6. The van der Waals surface area contributed by atoms with Crippen LogP contribution in [0.1, 0.15) is 46.5 Å². The van der Waals surface area contributed by atoms with Gasteiger partial charge in [0.25, 0.3) is 0 Å². The Morgan fingerprint density at radius 2 is 1.79 bits per heavy atom. The van der Waals surface area contributed by atoms with E-state index in [0.29, 0.717) is 31.3 Å². The van der Waals surface area contributed by atoms with Crippen molar-refractivity contribution in [1.82, 2.24) is 0 Å². The number of fused-ring (bicyclic) bond motifs is 1. The first kappa shape index (κ1) is 31.5. The maximum atomic E-state index is 12.7. The molecule has 1 aliphatic heterocycles. The lowest BCUT2D eigenvalue weighted by molar-refractivity contribution is -0.288. The van der Waals surface area contributed by atoms with Crippen LogP contribution in [0.3, 0.4) is 0 Å². The zero-order valence-corrected chi connectivity index (χ0v) is 22.8. The number of carbonyl (C=O) groups is 2. The average molecular weight is 559 g/mol. The lowest BCUT2D eigenvalue weighted by Gasteiger charge is -2.54. The van der Waals surface area contributed by atoms with Crippen LogP contribution in [-0.2, 0) is 28.5 Å². The van der Waals surface area contributed by atoms with Crippen LogP contribution in [0, 0.1) is 23.2 Å². The quantitative estimate of drug-likeness (QED) is 0.128. The second-order valence-electron chi connectivity index (χ2n) is 11.3. The first-order valence-electron chi connectivity index (χ1n) is 13.3. The Balaban J connectivity index is 1.92. The molecule has 2 saturated carbocycles. The molecule has 39 heavy (non-hydrogen) atoms. The molecule has 0 aromatic carbocycles. The predicted octanol–water partition coefficient (Wildman–Crippen LogP) is -0.468. The number of hydrogen-bond acceptors (Lipinski definition) is 12. The summed E-state index contributed by atoms with van der Waals surface area (Å²) in [6, 6.07) is 0. The molecule has 6 N–H and O–H groups in total. The molecule has 3 rings (SSSR count). The van der Waals surface area contributed by atoms with Crippen LogP contribution in [0.15, 0.2) is 24.0 Å². The third-order valence-electron chi connectivity index (χ3n) is 8.52. The number of esters is 2. The largest absolute Gasteiger partial charge is 0.470 e. The van der Waals surface area contributed by atoms with Crippen molar-refractivity contribution in [2.45, 2.75) is 95.5 Å². The minimum atomic E-state index is -1.62. The van der Waals surface area contributed by atoms with E-state index in [9.17, 15) is 40.2 Å². The fourth-order valence-electron chi connectivity index (χ4n) is 6.01. The Morgan fingerprint density at radius 3 is 2.38 bits per heavy atom. The topological polar surface area (TPSA) is 192 Å². The van der Waals surface area contributed by atoms with E-state index < -0.39 is 84.8 Å². The number of aliphatic hydroxyl groups excluding tert-OH is 6. The lowest BCUT2D eigenvalue weighted by atomic mass is 9.53. The molecule has 0 spiro atoms. The van der Waals surface area contributed by atoms with Crippen LogP contribution in [0.2, 0.25) is 0 Å². The van der Waals surface area contributed by atoms with Gasteiger partial charge in [-0.2, -0.15) is 0 Å². The predicted molar refractivity (Wildman–Crippen MR) is 134 cm³/mol. The maximum Gasteiger partial charge on any atom is 0.335 e. The first-order valence-corrected chi connectivity index (χ1v) is 13.3. The minimum absolute atomic E-state index is 0.107. The molecule has 2 aliphatic carbocycles. The summed E-state index contributed by atoms with van der Waals surface area (Å²) < 4.78 is 21.7. The maximum absolute atomic E-state index is 12.7. The van der Waals surface area contributed by atoms with Gasteiger partial charge < -0.3 is 49.6 Å². The number of methoxy groups -OCH3 is 1. The van der Waals surface area contributed by atoms with Crippen LogP contribution in [0.5, 0.6) is 0 Å². The van der Waals surface area contributed by atoms with Gasteiger partial charge in [0.15, 0.2) is 6.10 Å². The Bertz CT molecular complexity index is 932. The number of hydrogen-bond donors (Lipinski definition) is 6. The van der Waals surface area contributed by atoms with E-state index in [1.807, 2.05) is 6.92 Å². The highest BCUT2D eigenvalue weighted by atomic mass is 16.7. The highest BCUT2D eigenvalue weighted by molar-refractivity contribution is 5.88. The molecule has 1 heterocycles. The van der Waals surface area contributed by atoms with Crippen LogP contribution >= 0.6 is 0 Å². The van der Waals surface area contributed by atoms with Crippen LogP contribution in [0.4, 0.5) is 0 Å². The molecule has 1 saturated heterocycles. The van der Waals surface area contributed by atoms with E-state index in [4.69, 9.17) is 18.9 Å². The van der Waals surface area contributed by atoms with Gasteiger partial charge in [-0.25, -0.2) is 9.59 Å². The van der Waals surface area contributed by atoms with Gasteiger partial charge in [0.2, 0.25) is 6.29 Å². The van der Waals surface area contributed by atoms with Gasteiger partial charge in [0.05, 0.1) is 26.1 Å². The molecule has 12 nitrogen and oxygen atoms in total. The van der Waals surface area contributed by atoms with Gasteiger partial charge in [-0.3, -0.25) is 0 Å². The molecule has 12 heteroatoms. The van der Waals surface area contributed by atoms with E-state index in [-0.39, 0.29) is 11.5 Å². The molecule has 222 valence electrons. The number of rotatable bonds is 8. The smallest absolute Gasteiger partial charge is 0.335 e. The zero-order chi connectivity index (χ0) is 29.2. The molecule has 0 unspecified atom stereocenters. The SMILES string of the molecule is C=C(C(=O)OC)[C@@H]1CC[C@]2(C)[C@H](/C(=C/O[C@@H]3O[C@H](CO)[C@@H](O)[C@@H](O)[C@H]3O)CC[C@H]2OC(=O)[C@H](O)C(C)C)[C@H]1O. The monoisotopic (exact) mass is 558 g/mol. The molecule has 0 radical (unpaired) electrons. The van der Waals surface area contributed by atoms with Crippen molar-refractivity contribution >= 4 is 11.9 Å². The average Bonchev–Trinajstić information content (AvgIpc) is 2.91. The van der Waals surface area contributed by atoms with Gasteiger partial charge in [0, 0.05) is 22.8 Å². The second-order valence-corrected chi connectivity index (χ2v) is 11.3. The lowest BCUT2D eigenvalue weighted by Crippen LogP contribution is -2.59. The molecule has 3 aliphatic rings. The van der Waals surface area contributed by atoms with Crippen LogP contribution in [-0.4, -0.2) is 105 Å². The van der Waals surface area contributed by atoms with Crippen molar-refractivity contribution < 1.29 is 59.2 Å². The van der Waals surface area contributed by atoms with Crippen LogP contribution < -0.4 is 0 Å². The van der Waals surface area contributed by atoms with Crippen molar-refractivity contribution in [2.24, 2.45) is 23.2 Å². The number of ether oxygens (including phenoxy) is 4. The highest BCUT2D eigenvalue weighted by Crippen LogP contribution is 2.56. The summed E-state index contributed by atoms with van der Waals surface area (Å²) in [5, 5.41) is 61.7. The Hall–Kier alpha value is -2.06. The fraction of sp³-hybridized carbons (Fsp3) is 0.778. The van der Waals surface area contributed by atoms with Crippen molar-refractivity contribution in [1.29, 1.82) is 0 Å².